The predicted molar refractivity (Wildman–Crippen MR) is 128 cm³/mol. The molecule has 0 unspecified atom stereocenters. The van der Waals surface area contributed by atoms with E-state index in [1.165, 1.54) is 6.07 Å². The average Bonchev–Trinajstić information content (AvgIpc) is 2.78. The third kappa shape index (κ3) is 5.75. The minimum atomic E-state index is -0.247. The summed E-state index contributed by atoms with van der Waals surface area (Å²) in [6.07, 6.45) is 0. The molecule has 2 aromatic carbocycles. The lowest BCUT2D eigenvalue weighted by molar-refractivity contribution is -0.119. The molecule has 5 N–H and O–H groups in total. The molecule has 0 spiro atoms. The Bertz CT molecular complexity index is 1110. The van der Waals surface area contributed by atoms with Crippen molar-refractivity contribution in [1.82, 2.24) is 10.3 Å². The zero-order valence-electron chi connectivity index (χ0n) is 17.7. The highest BCUT2D eigenvalue weighted by atomic mass is 35.5. The van der Waals surface area contributed by atoms with Crippen LogP contribution in [-0.2, 0) is 11.3 Å². The van der Waals surface area contributed by atoms with Crippen LogP contribution in [0.2, 0.25) is 10.0 Å². The highest BCUT2D eigenvalue weighted by Crippen LogP contribution is 2.43. The summed E-state index contributed by atoms with van der Waals surface area (Å²) in [5, 5.41) is 15.8. The van der Waals surface area contributed by atoms with E-state index in [0.29, 0.717) is 17.9 Å². The van der Waals surface area contributed by atoms with Gasteiger partial charge in [0.2, 0.25) is 5.91 Å². The molecule has 0 saturated carbocycles. The van der Waals surface area contributed by atoms with Gasteiger partial charge < -0.3 is 26.2 Å². The van der Waals surface area contributed by atoms with Crippen molar-refractivity contribution in [2.24, 2.45) is 0 Å². The monoisotopic (exact) mass is 474 g/mol. The molecule has 9 heteroatoms. The smallest absolute Gasteiger partial charge is 0.239 e. The maximum atomic E-state index is 12.2. The number of aromatic hydroxyl groups is 1. The van der Waals surface area contributed by atoms with E-state index in [9.17, 15) is 9.90 Å². The Morgan fingerprint density at radius 2 is 1.88 bits per heavy atom. The highest BCUT2D eigenvalue weighted by Gasteiger charge is 2.19. The number of hydrogen-bond acceptors (Lipinski definition) is 6. The van der Waals surface area contributed by atoms with Crippen molar-refractivity contribution in [3.8, 4) is 17.2 Å². The largest absolute Gasteiger partial charge is 0.508 e. The molecule has 32 heavy (non-hydrogen) atoms. The Morgan fingerprint density at radius 3 is 2.56 bits per heavy atom. The summed E-state index contributed by atoms with van der Waals surface area (Å²) in [7, 11) is 0. The summed E-state index contributed by atoms with van der Waals surface area (Å²) in [4.78, 5) is 16.3. The standard InChI is InChI=1S/C23H24Cl2N4O3/c1-13(2)16-10-15(8-9-17(16)30)32-21-19(24)22(26)29-23(20(21)25)28-12-18(31)27-11-14-6-4-3-5-7-14/h3-10,13,30H,11-12H2,1-2H3,(H,27,31)(H3,26,28,29). The fourth-order valence-corrected chi connectivity index (χ4v) is 3.41. The number of nitrogens with zero attached hydrogens (tertiary/aromatic N) is 1. The van der Waals surface area contributed by atoms with Crippen molar-refractivity contribution in [2.75, 3.05) is 17.6 Å². The van der Waals surface area contributed by atoms with Crippen LogP contribution in [0, 0.1) is 0 Å². The van der Waals surface area contributed by atoms with Gasteiger partial charge in [0.25, 0.3) is 0 Å². The molecule has 0 aliphatic rings. The van der Waals surface area contributed by atoms with Gasteiger partial charge in [-0.3, -0.25) is 4.79 Å². The molecule has 1 aromatic heterocycles. The first kappa shape index (κ1) is 23.5. The van der Waals surface area contributed by atoms with E-state index in [1.54, 1.807) is 12.1 Å². The summed E-state index contributed by atoms with van der Waals surface area (Å²) < 4.78 is 5.88. The first-order valence-electron chi connectivity index (χ1n) is 9.96. The van der Waals surface area contributed by atoms with Crippen molar-refractivity contribution in [3.05, 3.63) is 69.7 Å². The number of nitrogen functional groups attached to an aromatic ring is 1. The van der Waals surface area contributed by atoms with E-state index in [2.05, 4.69) is 15.6 Å². The summed E-state index contributed by atoms with van der Waals surface area (Å²) >= 11 is 12.7. The normalized spacial score (nSPS) is 10.8. The van der Waals surface area contributed by atoms with Gasteiger partial charge in [0.1, 0.15) is 27.4 Å². The summed E-state index contributed by atoms with van der Waals surface area (Å²) in [6, 6.07) is 14.4. The van der Waals surface area contributed by atoms with Crippen LogP contribution in [0.4, 0.5) is 11.6 Å². The summed E-state index contributed by atoms with van der Waals surface area (Å²) in [6.45, 7) is 4.23. The van der Waals surface area contributed by atoms with Crippen LogP contribution >= 0.6 is 23.2 Å². The van der Waals surface area contributed by atoms with E-state index in [-0.39, 0.29) is 51.5 Å². The number of anilines is 2. The van der Waals surface area contributed by atoms with Gasteiger partial charge in [0.05, 0.1) is 6.54 Å². The van der Waals surface area contributed by atoms with Crippen molar-refractivity contribution >= 4 is 40.7 Å². The number of carbonyl (C=O) groups excluding carboxylic acids is 1. The molecule has 7 nitrogen and oxygen atoms in total. The number of rotatable bonds is 8. The first-order valence-corrected chi connectivity index (χ1v) is 10.7. The zero-order chi connectivity index (χ0) is 23.3. The number of aromatic nitrogens is 1. The van der Waals surface area contributed by atoms with Crippen molar-refractivity contribution in [1.29, 1.82) is 0 Å². The molecule has 0 saturated heterocycles. The SMILES string of the molecule is CC(C)c1cc(Oc2c(Cl)c(N)nc(NCC(=O)NCc3ccccc3)c2Cl)ccc1O. The third-order valence-electron chi connectivity index (χ3n) is 4.65. The van der Waals surface area contributed by atoms with Gasteiger partial charge >= 0.3 is 0 Å². The second-order valence-electron chi connectivity index (χ2n) is 7.40. The molecular weight excluding hydrogens is 451 g/mol. The van der Waals surface area contributed by atoms with Crippen LogP contribution in [0.25, 0.3) is 0 Å². The van der Waals surface area contributed by atoms with Crippen molar-refractivity contribution in [2.45, 2.75) is 26.3 Å². The number of nitrogens with one attached hydrogen (secondary N) is 2. The Hall–Kier alpha value is -3.16. The minimum absolute atomic E-state index is 0.00104. The van der Waals surface area contributed by atoms with Crippen molar-refractivity contribution < 1.29 is 14.6 Å². The lowest BCUT2D eigenvalue weighted by Crippen LogP contribution is -2.29. The molecule has 0 fully saturated rings. The van der Waals surface area contributed by atoms with Crippen LogP contribution in [0.15, 0.2) is 48.5 Å². The van der Waals surface area contributed by atoms with E-state index in [1.807, 2.05) is 44.2 Å². The van der Waals surface area contributed by atoms with Gasteiger partial charge in [-0.15, -0.1) is 0 Å². The number of carbonyl (C=O) groups is 1. The number of benzene rings is 2. The first-order chi connectivity index (χ1) is 15.3. The number of phenols is 1. The Labute approximate surface area is 196 Å². The van der Waals surface area contributed by atoms with Gasteiger partial charge in [-0.05, 0) is 29.7 Å². The number of nitrogens with two attached hydrogens (primary N) is 1. The topological polar surface area (TPSA) is 110 Å². The highest BCUT2D eigenvalue weighted by molar-refractivity contribution is 6.40. The Morgan fingerprint density at radius 1 is 1.16 bits per heavy atom. The van der Waals surface area contributed by atoms with Crippen LogP contribution in [0.3, 0.4) is 0 Å². The molecule has 0 bridgehead atoms. The van der Waals surface area contributed by atoms with E-state index >= 15 is 0 Å². The molecule has 1 heterocycles. The van der Waals surface area contributed by atoms with E-state index in [4.69, 9.17) is 33.7 Å². The Kier molecular flexibility index (Phi) is 7.66. The van der Waals surface area contributed by atoms with Crippen LogP contribution in [0.5, 0.6) is 17.2 Å². The predicted octanol–water partition coefficient (Wildman–Crippen LogP) is 5.32. The maximum absolute atomic E-state index is 12.2. The number of amides is 1. The summed E-state index contributed by atoms with van der Waals surface area (Å²) in [5.41, 5.74) is 7.62. The van der Waals surface area contributed by atoms with Crippen molar-refractivity contribution in [3.63, 3.8) is 0 Å². The van der Waals surface area contributed by atoms with Gasteiger partial charge in [-0.2, -0.15) is 0 Å². The number of pyridine rings is 1. The molecular formula is C23H24Cl2N4O3. The number of ether oxygens (including phenoxy) is 1. The fraction of sp³-hybridized carbons (Fsp3) is 0.217. The second-order valence-corrected chi connectivity index (χ2v) is 8.15. The molecule has 1 amide bonds. The van der Waals surface area contributed by atoms with Gasteiger partial charge in [0, 0.05) is 12.1 Å². The number of phenolic OH excluding ortho intramolecular Hbond substituents is 1. The van der Waals surface area contributed by atoms with Gasteiger partial charge in [-0.1, -0.05) is 67.4 Å². The van der Waals surface area contributed by atoms with E-state index < -0.39 is 0 Å². The Balaban J connectivity index is 1.73. The average molecular weight is 475 g/mol. The molecule has 0 aliphatic carbocycles. The van der Waals surface area contributed by atoms with Crippen LogP contribution < -0.4 is 21.1 Å². The third-order valence-corrected chi connectivity index (χ3v) is 5.37. The molecule has 0 aliphatic heterocycles. The molecule has 3 rings (SSSR count). The minimum Gasteiger partial charge on any atom is -0.508 e. The molecule has 168 valence electrons. The number of hydrogen-bond donors (Lipinski definition) is 4. The number of halogens is 2. The molecule has 3 aromatic rings. The molecule has 0 atom stereocenters. The second kappa shape index (κ2) is 10.4. The lowest BCUT2D eigenvalue weighted by Gasteiger charge is -2.16. The summed E-state index contributed by atoms with van der Waals surface area (Å²) in [5.74, 6) is 0.701. The zero-order valence-corrected chi connectivity index (χ0v) is 19.2. The fourth-order valence-electron chi connectivity index (χ4n) is 2.94. The maximum Gasteiger partial charge on any atom is 0.239 e. The van der Waals surface area contributed by atoms with E-state index in [0.717, 1.165) is 5.56 Å². The van der Waals surface area contributed by atoms with Gasteiger partial charge in [-0.25, -0.2) is 4.98 Å². The van der Waals surface area contributed by atoms with Gasteiger partial charge in [0.15, 0.2) is 11.6 Å². The molecule has 0 radical (unpaired) electrons. The van der Waals surface area contributed by atoms with Crippen LogP contribution in [-0.4, -0.2) is 22.5 Å². The van der Waals surface area contributed by atoms with Crippen LogP contribution in [0.1, 0.15) is 30.9 Å². The quantitative estimate of drug-likeness (QED) is 0.351. The lowest BCUT2D eigenvalue weighted by atomic mass is 10.0.